The molecule has 2 heterocycles. The Morgan fingerprint density at radius 1 is 1.12 bits per heavy atom. The van der Waals surface area contributed by atoms with Crippen molar-refractivity contribution >= 4 is 5.91 Å². The van der Waals surface area contributed by atoms with Gasteiger partial charge in [0, 0.05) is 38.3 Å². The van der Waals surface area contributed by atoms with Crippen molar-refractivity contribution in [1.29, 1.82) is 0 Å². The standard InChI is InChI=1S/C24H28FN5O3/c1-17(24(31)26-15-18-3-7-20(25)8-4-18)30-13-11-29(12-14-30)16-22-27-23(28-33-22)19-5-9-21(32-2)10-6-19/h3-10,17H,11-16H2,1-2H3,(H,26,31). The highest BCUT2D eigenvalue weighted by Gasteiger charge is 2.26. The molecule has 1 N–H and O–H groups in total. The summed E-state index contributed by atoms with van der Waals surface area (Å²) in [5.74, 6) is 1.58. The Morgan fingerprint density at radius 3 is 2.48 bits per heavy atom. The molecule has 1 unspecified atom stereocenters. The van der Waals surface area contributed by atoms with E-state index in [1.165, 1.54) is 12.1 Å². The zero-order valence-electron chi connectivity index (χ0n) is 18.8. The van der Waals surface area contributed by atoms with Crippen molar-refractivity contribution in [3.63, 3.8) is 0 Å². The van der Waals surface area contributed by atoms with E-state index in [4.69, 9.17) is 9.26 Å². The van der Waals surface area contributed by atoms with Gasteiger partial charge in [0.25, 0.3) is 0 Å². The van der Waals surface area contributed by atoms with Crippen molar-refractivity contribution in [3.05, 3.63) is 65.8 Å². The Balaban J connectivity index is 1.23. The van der Waals surface area contributed by atoms with Crippen molar-refractivity contribution in [3.8, 4) is 17.1 Å². The van der Waals surface area contributed by atoms with Gasteiger partial charge in [-0.15, -0.1) is 0 Å². The van der Waals surface area contributed by atoms with Crippen LogP contribution in [0.4, 0.5) is 4.39 Å². The second-order valence-electron chi connectivity index (χ2n) is 8.07. The average molecular weight is 454 g/mol. The number of aromatic nitrogens is 2. The van der Waals surface area contributed by atoms with E-state index in [1.54, 1.807) is 19.2 Å². The molecule has 0 aliphatic carbocycles. The van der Waals surface area contributed by atoms with Gasteiger partial charge in [-0.1, -0.05) is 17.3 Å². The second-order valence-corrected chi connectivity index (χ2v) is 8.07. The van der Waals surface area contributed by atoms with Gasteiger partial charge >= 0.3 is 0 Å². The molecule has 0 spiro atoms. The van der Waals surface area contributed by atoms with Crippen molar-refractivity contribution in [2.75, 3.05) is 33.3 Å². The molecule has 174 valence electrons. The minimum atomic E-state index is -0.284. The van der Waals surface area contributed by atoms with E-state index in [1.807, 2.05) is 31.2 Å². The number of benzene rings is 2. The third-order valence-corrected chi connectivity index (χ3v) is 5.89. The highest BCUT2D eigenvalue weighted by atomic mass is 19.1. The molecule has 1 amide bonds. The van der Waals surface area contributed by atoms with E-state index >= 15 is 0 Å². The Bertz CT molecular complexity index is 1050. The van der Waals surface area contributed by atoms with Crippen LogP contribution in [0.25, 0.3) is 11.4 Å². The number of amides is 1. The van der Waals surface area contributed by atoms with E-state index in [-0.39, 0.29) is 17.8 Å². The molecular weight excluding hydrogens is 425 g/mol. The summed E-state index contributed by atoms with van der Waals surface area (Å²) in [6.07, 6.45) is 0. The minimum absolute atomic E-state index is 0.0335. The summed E-state index contributed by atoms with van der Waals surface area (Å²) < 4.78 is 23.6. The molecule has 1 fully saturated rings. The van der Waals surface area contributed by atoms with Crippen LogP contribution in [0.1, 0.15) is 18.4 Å². The van der Waals surface area contributed by atoms with Crippen LogP contribution in [-0.4, -0.2) is 65.2 Å². The summed E-state index contributed by atoms with van der Waals surface area (Å²) in [5.41, 5.74) is 1.74. The average Bonchev–Trinajstić information content (AvgIpc) is 3.32. The van der Waals surface area contributed by atoms with E-state index in [0.717, 1.165) is 43.1 Å². The topological polar surface area (TPSA) is 83.7 Å². The predicted octanol–water partition coefficient (Wildman–Crippen LogP) is 2.71. The molecule has 2 aromatic carbocycles. The quantitative estimate of drug-likeness (QED) is 0.561. The molecule has 33 heavy (non-hydrogen) atoms. The molecular formula is C24H28FN5O3. The molecule has 9 heteroatoms. The van der Waals surface area contributed by atoms with Crippen molar-refractivity contribution < 1.29 is 18.4 Å². The summed E-state index contributed by atoms with van der Waals surface area (Å²) >= 11 is 0. The maximum Gasteiger partial charge on any atom is 0.241 e. The van der Waals surface area contributed by atoms with Crippen molar-refractivity contribution in [2.45, 2.75) is 26.1 Å². The summed E-state index contributed by atoms with van der Waals surface area (Å²) in [7, 11) is 1.63. The number of nitrogens with one attached hydrogen (secondary N) is 1. The lowest BCUT2D eigenvalue weighted by atomic mass is 10.2. The number of methoxy groups -OCH3 is 1. The Kier molecular flexibility index (Phi) is 7.31. The number of carbonyl (C=O) groups is 1. The molecule has 1 aliphatic rings. The summed E-state index contributed by atoms with van der Waals surface area (Å²) in [5, 5.41) is 7.02. The molecule has 0 bridgehead atoms. The lowest BCUT2D eigenvalue weighted by molar-refractivity contribution is -0.126. The summed E-state index contributed by atoms with van der Waals surface area (Å²) in [6, 6.07) is 13.4. The maximum absolute atomic E-state index is 13.0. The fourth-order valence-electron chi connectivity index (χ4n) is 3.78. The fourth-order valence-corrected chi connectivity index (χ4v) is 3.78. The molecule has 4 rings (SSSR count). The predicted molar refractivity (Wildman–Crippen MR) is 121 cm³/mol. The number of piperazine rings is 1. The SMILES string of the molecule is COc1ccc(-c2noc(CN3CCN(C(C)C(=O)NCc4ccc(F)cc4)CC3)n2)cc1. The third-order valence-electron chi connectivity index (χ3n) is 5.89. The molecule has 0 saturated carbocycles. The van der Waals surface area contributed by atoms with Gasteiger partial charge in [0.15, 0.2) is 0 Å². The number of ether oxygens (including phenoxy) is 1. The van der Waals surface area contributed by atoms with Gasteiger partial charge in [0.2, 0.25) is 17.6 Å². The van der Waals surface area contributed by atoms with Gasteiger partial charge < -0.3 is 14.6 Å². The Labute approximate surface area is 192 Å². The lowest BCUT2D eigenvalue weighted by Gasteiger charge is -2.36. The lowest BCUT2D eigenvalue weighted by Crippen LogP contribution is -2.53. The van der Waals surface area contributed by atoms with E-state index in [2.05, 4.69) is 25.3 Å². The first kappa shape index (κ1) is 22.9. The molecule has 0 radical (unpaired) electrons. The van der Waals surface area contributed by atoms with Gasteiger partial charge in [-0.25, -0.2) is 4.39 Å². The van der Waals surface area contributed by atoms with Crippen LogP contribution in [0.2, 0.25) is 0 Å². The van der Waals surface area contributed by atoms with E-state index < -0.39 is 0 Å². The van der Waals surface area contributed by atoms with Gasteiger partial charge in [-0.05, 0) is 48.9 Å². The number of rotatable bonds is 8. The van der Waals surface area contributed by atoms with Crippen LogP contribution in [0, 0.1) is 5.82 Å². The molecule has 1 aromatic heterocycles. The first-order chi connectivity index (χ1) is 16.0. The number of hydrogen-bond donors (Lipinski definition) is 1. The van der Waals surface area contributed by atoms with Crippen LogP contribution < -0.4 is 10.1 Å². The Morgan fingerprint density at radius 2 is 1.82 bits per heavy atom. The van der Waals surface area contributed by atoms with Gasteiger partial charge in [0.05, 0.1) is 19.7 Å². The monoisotopic (exact) mass is 453 g/mol. The zero-order valence-corrected chi connectivity index (χ0v) is 18.8. The smallest absolute Gasteiger partial charge is 0.241 e. The number of nitrogens with zero attached hydrogens (tertiary/aromatic N) is 4. The molecule has 1 aliphatic heterocycles. The molecule has 3 aromatic rings. The molecule has 1 atom stereocenters. The van der Waals surface area contributed by atoms with Crippen molar-refractivity contribution in [1.82, 2.24) is 25.3 Å². The molecule has 8 nitrogen and oxygen atoms in total. The summed E-state index contributed by atoms with van der Waals surface area (Å²) in [4.78, 5) is 21.5. The van der Waals surface area contributed by atoms with E-state index in [0.29, 0.717) is 24.8 Å². The van der Waals surface area contributed by atoms with Gasteiger partial charge in [0.1, 0.15) is 11.6 Å². The van der Waals surface area contributed by atoms with Crippen LogP contribution in [0.5, 0.6) is 5.75 Å². The van der Waals surface area contributed by atoms with Crippen LogP contribution in [0.15, 0.2) is 53.1 Å². The zero-order chi connectivity index (χ0) is 23.2. The molecule has 1 saturated heterocycles. The third kappa shape index (κ3) is 5.94. The number of halogens is 1. The number of carbonyl (C=O) groups excluding carboxylic acids is 1. The van der Waals surface area contributed by atoms with E-state index in [9.17, 15) is 9.18 Å². The largest absolute Gasteiger partial charge is 0.497 e. The highest BCUT2D eigenvalue weighted by Crippen LogP contribution is 2.20. The van der Waals surface area contributed by atoms with Crippen LogP contribution in [-0.2, 0) is 17.9 Å². The normalized spacial score (nSPS) is 15.8. The summed E-state index contributed by atoms with van der Waals surface area (Å²) in [6.45, 7) is 6.01. The van der Waals surface area contributed by atoms with Crippen molar-refractivity contribution in [2.24, 2.45) is 0 Å². The number of hydrogen-bond acceptors (Lipinski definition) is 7. The highest BCUT2D eigenvalue weighted by molar-refractivity contribution is 5.81. The minimum Gasteiger partial charge on any atom is -0.497 e. The van der Waals surface area contributed by atoms with Crippen LogP contribution in [0.3, 0.4) is 0 Å². The second kappa shape index (κ2) is 10.5. The van der Waals surface area contributed by atoms with Gasteiger partial charge in [-0.2, -0.15) is 4.98 Å². The fraction of sp³-hybridized carbons (Fsp3) is 0.375. The Hall–Kier alpha value is -3.30. The first-order valence-corrected chi connectivity index (χ1v) is 11.0. The van der Waals surface area contributed by atoms with Crippen LogP contribution >= 0.6 is 0 Å². The maximum atomic E-state index is 13.0. The first-order valence-electron chi connectivity index (χ1n) is 11.0. The van der Waals surface area contributed by atoms with Gasteiger partial charge in [-0.3, -0.25) is 14.6 Å².